The molecule has 0 spiro atoms. The first-order valence-electron chi connectivity index (χ1n) is 6.06. The number of rotatable bonds is 6. The van der Waals surface area contributed by atoms with Crippen LogP contribution in [0.5, 0.6) is 0 Å². The molecule has 104 valence electrons. The maximum Gasteiger partial charge on any atom is 0.303 e. The van der Waals surface area contributed by atoms with Gasteiger partial charge < -0.3 is 10.4 Å². The van der Waals surface area contributed by atoms with Crippen molar-refractivity contribution < 1.29 is 14.7 Å². The molecule has 0 aliphatic rings. The summed E-state index contributed by atoms with van der Waals surface area (Å²) in [5.41, 5.74) is 0.405. The molecule has 0 saturated heterocycles. The molecular formula is C14H18BrNO3. The lowest BCUT2D eigenvalue weighted by Crippen LogP contribution is -2.44. The molecule has 0 unspecified atom stereocenters. The fraction of sp³-hybridized carbons (Fsp3) is 0.429. The van der Waals surface area contributed by atoms with Gasteiger partial charge in [-0.15, -0.1) is 0 Å². The minimum Gasteiger partial charge on any atom is -0.481 e. The smallest absolute Gasteiger partial charge is 0.303 e. The van der Waals surface area contributed by atoms with Crippen LogP contribution in [0.1, 0.15) is 32.3 Å². The number of aliphatic carboxylic acids is 1. The van der Waals surface area contributed by atoms with Crippen molar-refractivity contribution in [1.82, 2.24) is 5.32 Å². The molecule has 19 heavy (non-hydrogen) atoms. The molecule has 1 aromatic rings. The molecule has 0 aromatic heterocycles. The second-order valence-electron chi connectivity index (χ2n) is 5.13. The minimum absolute atomic E-state index is 0.0458. The molecule has 0 fully saturated rings. The fourth-order valence-corrected chi connectivity index (χ4v) is 2.18. The first-order valence-corrected chi connectivity index (χ1v) is 6.85. The Kier molecular flexibility index (Phi) is 5.54. The number of halogens is 1. The number of carboxylic acids is 1. The maximum absolute atomic E-state index is 11.9. The van der Waals surface area contributed by atoms with E-state index in [2.05, 4.69) is 21.2 Å². The average Bonchev–Trinajstić information content (AvgIpc) is 2.25. The number of carboxylic acid groups (broad SMARTS) is 1. The molecule has 0 atom stereocenters. The normalized spacial score (nSPS) is 11.1. The number of hydrogen-bond acceptors (Lipinski definition) is 2. The monoisotopic (exact) mass is 327 g/mol. The zero-order valence-corrected chi connectivity index (χ0v) is 12.7. The third kappa shape index (κ3) is 6.38. The zero-order valence-electron chi connectivity index (χ0n) is 11.1. The van der Waals surface area contributed by atoms with Crippen LogP contribution in [0.3, 0.4) is 0 Å². The van der Waals surface area contributed by atoms with Crippen molar-refractivity contribution in [1.29, 1.82) is 0 Å². The summed E-state index contributed by atoms with van der Waals surface area (Å²) >= 11 is 3.36. The molecule has 0 heterocycles. The molecular weight excluding hydrogens is 310 g/mol. The SMILES string of the molecule is CC(C)(CCC(=O)O)NC(=O)Cc1cccc(Br)c1. The van der Waals surface area contributed by atoms with E-state index in [0.29, 0.717) is 6.42 Å². The van der Waals surface area contributed by atoms with Crippen molar-refractivity contribution in [2.45, 2.75) is 38.6 Å². The van der Waals surface area contributed by atoms with Gasteiger partial charge in [0.05, 0.1) is 6.42 Å². The molecule has 0 aliphatic heterocycles. The Morgan fingerprint density at radius 3 is 2.63 bits per heavy atom. The van der Waals surface area contributed by atoms with Crippen molar-refractivity contribution in [2.75, 3.05) is 0 Å². The summed E-state index contributed by atoms with van der Waals surface area (Å²) in [7, 11) is 0. The molecule has 5 heteroatoms. The first kappa shape index (κ1) is 15.7. The molecule has 2 N–H and O–H groups in total. The van der Waals surface area contributed by atoms with E-state index in [1.807, 2.05) is 38.1 Å². The standard InChI is InChI=1S/C14H18BrNO3/c1-14(2,7-6-13(18)19)16-12(17)9-10-4-3-5-11(15)8-10/h3-5,8H,6-7,9H2,1-2H3,(H,16,17)(H,18,19). The molecule has 1 aromatic carbocycles. The van der Waals surface area contributed by atoms with E-state index in [-0.39, 0.29) is 18.7 Å². The van der Waals surface area contributed by atoms with Gasteiger partial charge in [-0.1, -0.05) is 28.1 Å². The Hall–Kier alpha value is -1.36. The Morgan fingerprint density at radius 1 is 1.37 bits per heavy atom. The number of carbonyl (C=O) groups excluding carboxylic acids is 1. The summed E-state index contributed by atoms with van der Waals surface area (Å²) in [6.07, 6.45) is 0.743. The largest absolute Gasteiger partial charge is 0.481 e. The van der Waals surface area contributed by atoms with Crippen LogP contribution in [0.15, 0.2) is 28.7 Å². The van der Waals surface area contributed by atoms with Crippen LogP contribution in [-0.2, 0) is 16.0 Å². The summed E-state index contributed by atoms with van der Waals surface area (Å²) in [6.45, 7) is 3.66. The van der Waals surface area contributed by atoms with Crippen molar-refractivity contribution in [2.24, 2.45) is 0 Å². The lowest BCUT2D eigenvalue weighted by atomic mass is 9.98. The van der Waals surface area contributed by atoms with Gasteiger partial charge >= 0.3 is 5.97 Å². The Balaban J connectivity index is 2.52. The van der Waals surface area contributed by atoms with Gasteiger partial charge in [-0.05, 0) is 38.0 Å². The van der Waals surface area contributed by atoms with E-state index in [9.17, 15) is 9.59 Å². The third-order valence-electron chi connectivity index (χ3n) is 2.70. The van der Waals surface area contributed by atoms with Crippen LogP contribution in [0.2, 0.25) is 0 Å². The van der Waals surface area contributed by atoms with E-state index in [1.54, 1.807) is 0 Å². The number of hydrogen-bond donors (Lipinski definition) is 2. The van der Waals surface area contributed by atoms with Gasteiger partial charge in [0.25, 0.3) is 0 Å². The van der Waals surface area contributed by atoms with E-state index >= 15 is 0 Å². The van der Waals surface area contributed by atoms with Crippen LogP contribution in [0.25, 0.3) is 0 Å². The minimum atomic E-state index is -0.852. The van der Waals surface area contributed by atoms with Gasteiger partial charge in [-0.3, -0.25) is 9.59 Å². The highest BCUT2D eigenvalue weighted by atomic mass is 79.9. The van der Waals surface area contributed by atoms with Crippen LogP contribution < -0.4 is 5.32 Å². The highest BCUT2D eigenvalue weighted by Crippen LogP contribution is 2.14. The molecule has 0 bridgehead atoms. The van der Waals surface area contributed by atoms with Crippen LogP contribution >= 0.6 is 15.9 Å². The van der Waals surface area contributed by atoms with E-state index in [0.717, 1.165) is 10.0 Å². The van der Waals surface area contributed by atoms with Crippen molar-refractivity contribution in [3.63, 3.8) is 0 Å². The van der Waals surface area contributed by atoms with E-state index in [1.165, 1.54) is 0 Å². The molecule has 0 aliphatic carbocycles. The predicted octanol–water partition coefficient (Wildman–Crippen LogP) is 2.75. The molecule has 1 amide bonds. The van der Waals surface area contributed by atoms with Crippen molar-refractivity contribution in [3.05, 3.63) is 34.3 Å². The van der Waals surface area contributed by atoms with Gasteiger partial charge in [0.1, 0.15) is 0 Å². The lowest BCUT2D eigenvalue weighted by molar-refractivity contribution is -0.137. The Labute approximate surface area is 121 Å². The van der Waals surface area contributed by atoms with Crippen LogP contribution in [0.4, 0.5) is 0 Å². The van der Waals surface area contributed by atoms with Gasteiger partial charge in [-0.25, -0.2) is 0 Å². The molecule has 1 rings (SSSR count). The number of carbonyl (C=O) groups is 2. The van der Waals surface area contributed by atoms with Gasteiger partial charge in [-0.2, -0.15) is 0 Å². The second-order valence-corrected chi connectivity index (χ2v) is 6.05. The summed E-state index contributed by atoms with van der Waals surface area (Å²) in [5, 5.41) is 11.5. The van der Waals surface area contributed by atoms with Gasteiger partial charge in [0, 0.05) is 16.4 Å². The molecule has 4 nitrogen and oxygen atoms in total. The van der Waals surface area contributed by atoms with Crippen LogP contribution in [-0.4, -0.2) is 22.5 Å². The third-order valence-corrected chi connectivity index (χ3v) is 3.19. The van der Waals surface area contributed by atoms with Crippen molar-refractivity contribution in [3.8, 4) is 0 Å². The molecule has 0 saturated carbocycles. The number of nitrogens with one attached hydrogen (secondary N) is 1. The summed E-state index contributed by atoms with van der Waals surface area (Å²) < 4.78 is 0.933. The Bertz CT molecular complexity index is 472. The average molecular weight is 328 g/mol. The Morgan fingerprint density at radius 2 is 2.05 bits per heavy atom. The number of benzene rings is 1. The first-order chi connectivity index (χ1) is 8.78. The fourth-order valence-electron chi connectivity index (χ4n) is 1.74. The summed E-state index contributed by atoms with van der Waals surface area (Å²) in [4.78, 5) is 22.5. The van der Waals surface area contributed by atoms with Crippen LogP contribution in [0, 0.1) is 0 Å². The van der Waals surface area contributed by atoms with Gasteiger partial charge in [0.15, 0.2) is 0 Å². The zero-order chi connectivity index (χ0) is 14.5. The molecule has 0 radical (unpaired) electrons. The number of amides is 1. The summed E-state index contributed by atoms with van der Waals surface area (Å²) in [5.74, 6) is -0.956. The maximum atomic E-state index is 11.9. The van der Waals surface area contributed by atoms with Crippen molar-refractivity contribution >= 4 is 27.8 Å². The highest BCUT2D eigenvalue weighted by molar-refractivity contribution is 9.10. The van der Waals surface area contributed by atoms with E-state index < -0.39 is 11.5 Å². The lowest BCUT2D eigenvalue weighted by Gasteiger charge is -2.25. The quantitative estimate of drug-likeness (QED) is 0.844. The summed E-state index contributed by atoms with van der Waals surface area (Å²) in [6, 6.07) is 7.55. The highest BCUT2D eigenvalue weighted by Gasteiger charge is 2.21. The topological polar surface area (TPSA) is 66.4 Å². The van der Waals surface area contributed by atoms with Gasteiger partial charge in [0.2, 0.25) is 5.91 Å². The second kappa shape index (κ2) is 6.70. The predicted molar refractivity (Wildman–Crippen MR) is 76.9 cm³/mol. The van der Waals surface area contributed by atoms with E-state index in [4.69, 9.17) is 5.11 Å².